The van der Waals surface area contributed by atoms with Crippen LogP contribution < -0.4 is 0 Å². The maximum Gasteiger partial charge on any atom is 0.354 e. The number of pyridine rings is 1. The molecule has 0 atom stereocenters. The summed E-state index contributed by atoms with van der Waals surface area (Å²) in [5.41, 5.74) is 3.91. The molecule has 4 aromatic rings. The smallest absolute Gasteiger partial charge is 0.354 e. The topological polar surface area (TPSA) is 75.2 Å². The lowest BCUT2D eigenvalue weighted by Crippen LogP contribution is -2.07. The van der Waals surface area contributed by atoms with Crippen molar-refractivity contribution in [3.8, 4) is 11.1 Å². The molecular formula is C20H15FN2O3. The Morgan fingerprint density at radius 2 is 1.88 bits per heavy atom. The van der Waals surface area contributed by atoms with E-state index in [4.69, 9.17) is 4.74 Å². The highest BCUT2D eigenvalue weighted by Crippen LogP contribution is 2.33. The van der Waals surface area contributed by atoms with Crippen molar-refractivity contribution in [1.29, 1.82) is 0 Å². The second-order valence-corrected chi connectivity index (χ2v) is 6.00. The fourth-order valence-electron chi connectivity index (χ4n) is 3.25. The lowest BCUT2D eigenvalue weighted by molar-refractivity contribution is 0.0685. The number of ether oxygens (including phenoxy) is 1. The molecular weight excluding hydrogens is 335 g/mol. The van der Waals surface area contributed by atoms with Crippen LogP contribution >= 0.6 is 0 Å². The summed E-state index contributed by atoms with van der Waals surface area (Å²) in [4.78, 5) is 18.9. The molecule has 0 unspecified atom stereocenters. The summed E-state index contributed by atoms with van der Waals surface area (Å²) in [5.74, 6) is -1.38. The van der Waals surface area contributed by atoms with E-state index in [0.29, 0.717) is 5.56 Å². The van der Waals surface area contributed by atoms with Crippen LogP contribution in [0.3, 0.4) is 0 Å². The molecule has 130 valence electrons. The van der Waals surface area contributed by atoms with E-state index in [1.165, 1.54) is 25.4 Å². The van der Waals surface area contributed by atoms with Crippen LogP contribution in [0.5, 0.6) is 0 Å². The highest BCUT2D eigenvalue weighted by molar-refractivity contribution is 6.11. The van der Waals surface area contributed by atoms with Crippen LogP contribution in [0.15, 0.2) is 48.7 Å². The van der Waals surface area contributed by atoms with Gasteiger partial charge in [-0.15, -0.1) is 0 Å². The van der Waals surface area contributed by atoms with Crippen LogP contribution in [0, 0.1) is 5.82 Å². The molecule has 0 aliphatic heterocycles. The quantitative estimate of drug-likeness (QED) is 0.573. The first kappa shape index (κ1) is 16.2. The molecule has 2 aromatic heterocycles. The van der Waals surface area contributed by atoms with Gasteiger partial charge in [0.15, 0.2) is 5.69 Å². The minimum Gasteiger partial charge on any atom is -0.477 e. The Morgan fingerprint density at radius 1 is 1.15 bits per heavy atom. The van der Waals surface area contributed by atoms with E-state index in [0.717, 1.165) is 32.9 Å². The zero-order valence-corrected chi connectivity index (χ0v) is 13.9. The largest absolute Gasteiger partial charge is 0.477 e. The zero-order chi connectivity index (χ0) is 18.3. The van der Waals surface area contributed by atoms with Gasteiger partial charge in [0.1, 0.15) is 5.82 Å². The summed E-state index contributed by atoms with van der Waals surface area (Å²) in [6.45, 7) is 0.139. The summed E-state index contributed by atoms with van der Waals surface area (Å²) in [6.07, 6.45) is 1.52. The van der Waals surface area contributed by atoms with Gasteiger partial charge in [0, 0.05) is 29.0 Å². The van der Waals surface area contributed by atoms with E-state index >= 15 is 0 Å². The zero-order valence-electron chi connectivity index (χ0n) is 13.9. The van der Waals surface area contributed by atoms with Gasteiger partial charge in [0.05, 0.1) is 18.3 Å². The van der Waals surface area contributed by atoms with Crippen molar-refractivity contribution in [1.82, 2.24) is 9.97 Å². The molecule has 0 saturated carbocycles. The van der Waals surface area contributed by atoms with Gasteiger partial charge in [0.25, 0.3) is 0 Å². The Morgan fingerprint density at radius 3 is 2.58 bits per heavy atom. The normalized spacial score (nSPS) is 11.3. The number of benzene rings is 2. The summed E-state index contributed by atoms with van der Waals surface area (Å²) >= 11 is 0. The number of halogens is 1. The third-order valence-electron chi connectivity index (χ3n) is 4.41. The maximum atomic E-state index is 13.2. The molecule has 0 fully saturated rings. The van der Waals surface area contributed by atoms with Crippen LogP contribution in [0.25, 0.3) is 32.9 Å². The Bertz CT molecular complexity index is 1130. The van der Waals surface area contributed by atoms with Crippen LogP contribution in [0.1, 0.15) is 16.1 Å². The number of hydrogen-bond donors (Lipinski definition) is 2. The molecule has 0 bridgehead atoms. The van der Waals surface area contributed by atoms with Crippen molar-refractivity contribution in [3.63, 3.8) is 0 Å². The van der Waals surface area contributed by atoms with E-state index in [-0.39, 0.29) is 18.1 Å². The fraction of sp³-hybridized carbons (Fsp3) is 0.100. The Kier molecular flexibility index (Phi) is 3.89. The monoisotopic (exact) mass is 350 g/mol. The first-order valence-corrected chi connectivity index (χ1v) is 8.00. The van der Waals surface area contributed by atoms with Crippen LogP contribution in [-0.2, 0) is 11.3 Å². The van der Waals surface area contributed by atoms with E-state index in [1.54, 1.807) is 12.1 Å². The van der Waals surface area contributed by atoms with Gasteiger partial charge in [-0.1, -0.05) is 18.2 Å². The van der Waals surface area contributed by atoms with Gasteiger partial charge in [-0.25, -0.2) is 14.2 Å². The summed E-state index contributed by atoms with van der Waals surface area (Å²) in [7, 11) is 1.52. The van der Waals surface area contributed by atoms with Gasteiger partial charge in [-0.05, 0) is 35.4 Å². The number of aromatic amines is 1. The summed E-state index contributed by atoms with van der Waals surface area (Å²) in [6, 6.07) is 12.1. The number of H-pyrrole nitrogens is 1. The minimum absolute atomic E-state index is 0.0209. The van der Waals surface area contributed by atoms with Gasteiger partial charge in [0.2, 0.25) is 0 Å². The number of aromatic nitrogens is 2. The molecule has 2 heterocycles. The van der Waals surface area contributed by atoms with Crippen molar-refractivity contribution in [2.75, 3.05) is 7.11 Å². The lowest BCUT2D eigenvalue weighted by atomic mass is 10.0. The van der Waals surface area contributed by atoms with Crippen molar-refractivity contribution >= 4 is 27.8 Å². The number of hydrogen-bond acceptors (Lipinski definition) is 3. The van der Waals surface area contributed by atoms with Crippen LogP contribution in [0.2, 0.25) is 0 Å². The molecule has 4 rings (SSSR count). The number of methoxy groups -OCH3 is 1. The first-order valence-electron chi connectivity index (χ1n) is 8.00. The average Bonchev–Trinajstić information content (AvgIpc) is 3.00. The number of carbonyl (C=O) groups is 1. The molecule has 0 amide bonds. The third-order valence-corrected chi connectivity index (χ3v) is 4.41. The number of carboxylic acid groups (broad SMARTS) is 1. The highest BCUT2D eigenvalue weighted by Gasteiger charge is 2.19. The van der Waals surface area contributed by atoms with Gasteiger partial charge < -0.3 is 14.8 Å². The van der Waals surface area contributed by atoms with Crippen LogP contribution in [-0.4, -0.2) is 28.2 Å². The summed E-state index contributed by atoms with van der Waals surface area (Å²) in [5, 5.41) is 11.1. The molecule has 0 saturated heterocycles. The second kappa shape index (κ2) is 6.24. The van der Waals surface area contributed by atoms with E-state index in [2.05, 4.69) is 9.97 Å². The van der Waals surface area contributed by atoms with Crippen molar-refractivity contribution in [2.45, 2.75) is 6.61 Å². The molecule has 0 radical (unpaired) electrons. The predicted octanol–water partition coefficient (Wildman–Crippen LogP) is 4.37. The Hall–Kier alpha value is -3.25. The molecule has 0 aliphatic rings. The van der Waals surface area contributed by atoms with E-state index in [9.17, 15) is 14.3 Å². The number of nitrogens with one attached hydrogen (secondary N) is 1. The Labute approximate surface area is 148 Å². The highest BCUT2D eigenvalue weighted by atomic mass is 19.1. The number of fused-ring (bicyclic) bond motifs is 3. The molecule has 6 heteroatoms. The fourth-order valence-corrected chi connectivity index (χ4v) is 3.25. The Balaban J connectivity index is 2.01. The van der Waals surface area contributed by atoms with Crippen LogP contribution in [0.4, 0.5) is 4.39 Å². The van der Waals surface area contributed by atoms with Crippen molar-refractivity contribution in [2.24, 2.45) is 0 Å². The molecule has 2 aromatic carbocycles. The number of carboxylic acids is 1. The molecule has 0 spiro atoms. The van der Waals surface area contributed by atoms with Crippen molar-refractivity contribution < 1.29 is 19.0 Å². The molecule has 5 nitrogen and oxygen atoms in total. The standard InChI is InChI=1S/C20H15FN2O3/c1-26-10-15-18-14-8-12(11-2-5-13(21)6-3-11)4-7-16(14)23-17(18)9-22-19(15)20(24)25/h2-9,23H,10H2,1H3,(H,24,25). The van der Waals surface area contributed by atoms with Gasteiger partial charge in [-0.2, -0.15) is 0 Å². The average molecular weight is 350 g/mol. The van der Waals surface area contributed by atoms with E-state index in [1.807, 2.05) is 18.2 Å². The second-order valence-electron chi connectivity index (χ2n) is 6.00. The maximum absolute atomic E-state index is 13.2. The molecule has 26 heavy (non-hydrogen) atoms. The van der Waals surface area contributed by atoms with E-state index < -0.39 is 5.97 Å². The van der Waals surface area contributed by atoms with Crippen molar-refractivity contribution in [3.05, 3.63) is 65.7 Å². The number of rotatable bonds is 4. The predicted molar refractivity (Wildman–Crippen MR) is 96.7 cm³/mol. The molecule has 2 N–H and O–H groups in total. The first-order chi connectivity index (χ1) is 12.6. The van der Waals surface area contributed by atoms with Gasteiger partial charge in [-0.3, -0.25) is 0 Å². The number of aromatic carboxylic acids is 1. The lowest BCUT2D eigenvalue weighted by Gasteiger charge is -2.07. The SMILES string of the molecule is COCc1c(C(=O)O)ncc2[nH]c3ccc(-c4ccc(F)cc4)cc3c12. The molecule has 0 aliphatic carbocycles. The van der Waals surface area contributed by atoms with Gasteiger partial charge >= 0.3 is 5.97 Å². The minimum atomic E-state index is -1.09. The number of nitrogens with zero attached hydrogens (tertiary/aromatic N) is 1. The third kappa shape index (κ3) is 2.60. The summed E-state index contributed by atoms with van der Waals surface area (Å²) < 4.78 is 18.4.